The number of benzene rings is 2. The molecule has 2 aromatic carbocycles. The van der Waals surface area contributed by atoms with Crippen molar-refractivity contribution in [1.29, 1.82) is 0 Å². The number of fused-ring (bicyclic) bond motifs is 1. The minimum atomic E-state index is -1.22. The second-order valence-corrected chi connectivity index (χ2v) is 6.57. The lowest BCUT2D eigenvalue weighted by Crippen LogP contribution is -2.45. The van der Waals surface area contributed by atoms with E-state index in [1.165, 1.54) is 37.3 Å². The molecule has 2 aromatic rings. The molecule has 1 heterocycles. The summed E-state index contributed by atoms with van der Waals surface area (Å²) in [7, 11) is 0. The Labute approximate surface area is 162 Å². The molecule has 0 spiro atoms. The molecule has 0 saturated heterocycles. The molecule has 1 N–H and O–H groups in total. The first-order valence-electron chi connectivity index (χ1n) is 7.63. The van der Waals surface area contributed by atoms with Crippen LogP contribution in [0.4, 0.5) is 11.4 Å². The van der Waals surface area contributed by atoms with Crippen LogP contribution >= 0.6 is 23.2 Å². The maximum absolute atomic E-state index is 12.6. The second kappa shape index (κ2) is 6.98. The van der Waals surface area contributed by atoms with Crippen LogP contribution in [0.15, 0.2) is 36.4 Å². The topological polar surface area (TPSA) is 110 Å². The fourth-order valence-corrected chi connectivity index (χ4v) is 3.19. The lowest BCUT2D eigenvalue weighted by Gasteiger charge is -2.21. The highest BCUT2D eigenvalue weighted by Crippen LogP contribution is 2.32. The molecular formula is C17H11Cl2N3O5. The zero-order chi connectivity index (χ0) is 19.9. The van der Waals surface area contributed by atoms with Crippen LogP contribution in [0.2, 0.25) is 10.0 Å². The van der Waals surface area contributed by atoms with Gasteiger partial charge < -0.3 is 5.32 Å². The maximum Gasteiger partial charge on any atom is 0.282 e. The number of halogens is 2. The third-order valence-electron chi connectivity index (χ3n) is 4.08. The first kappa shape index (κ1) is 18.8. The van der Waals surface area contributed by atoms with Gasteiger partial charge in [0.2, 0.25) is 5.91 Å². The van der Waals surface area contributed by atoms with Crippen molar-refractivity contribution in [2.75, 3.05) is 5.32 Å². The van der Waals surface area contributed by atoms with E-state index in [9.17, 15) is 24.5 Å². The van der Waals surface area contributed by atoms with Gasteiger partial charge in [0.25, 0.3) is 17.5 Å². The molecule has 10 heteroatoms. The Morgan fingerprint density at radius 1 is 1.19 bits per heavy atom. The first-order chi connectivity index (χ1) is 12.7. The minimum absolute atomic E-state index is 0.113. The fourth-order valence-electron chi connectivity index (χ4n) is 2.73. The molecule has 0 saturated carbocycles. The average Bonchev–Trinajstić information content (AvgIpc) is 2.87. The van der Waals surface area contributed by atoms with Crippen molar-refractivity contribution in [3.05, 3.63) is 67.7 Å². The summed E-state index contributed by atoms with van der Waals surface area (Å²) in [5.41, 5.74) is -0.669. The molecule has 0 aromatic heterocycles. The van der Waals surface area contributed by atoms with Crippen LogP contribution in [0.1, 0.15) is 27.6 Å². The van der Waals surface area contributed by atoms with Crippen molar-refractivity contribution in [1.82, 2.24) is 4.90 Å². The lowest BCUT2D eigenvalue weighted by molar-refractivity contribution is -0.385. The van der Waals surface area contributed by atoms with Gasteiger partial charge in [0.1, 0.15) is 11.6 Å². The Kier molecular flexibility index (Phi) is 4.86. The van der Waals surface area contributed by atoms with Gasteiger partial charge in [-0.3, -0.25) is 29.4 Å². The summed E-state index contributed by atoms with van der Waals surface area (Å²) >= 11 is 11.8. The molecule has 0 radical (unpaired) electrons. The van der Waals surface area contributed by atoms with Gasteiger partial charge in [-0.2, -0.15) is 0 Å². The second-order valence-electron chi connectivity index (χ2n) is 5.73. The fraction of sp³-hybridized carbons (Fsp3) is 0.118. The predicted octanol–water partition coefficient (Wildman–Crippen LogP) is 3.52. The van der Waals surface area contributed by atoms with Crippen LogP contribution in [0.25, 0.3) is 0 Å². The van der Waals surface area contributed by atoms with Gasteiger partial charge in [-0.1, -0.05) is 29.3 Å². The van der Waals surface area contributed by atoms with Gasteiger partial charge in [0.05, 0.1) is 21.2 Å². The van der Waals surface area contributed by atoms with Gasteiger partial charge >= 0.3 is 0 Å². The number of nitrogens with zero attached hydrogens (tertiary/aromatic N) is 2. The molecule has 1 aliphatic heterocycles. The number of nitro benzene ring substituents is 1. The Balaban J connectivity index is 1.89. The number of carbonyl (C=O) groups is 3. The smallest absolute Gasteiger partial charge is 0.282 e. The number of carbonyl (C=O) groups excluding carboxylic acids is 3. The molecular weight excluding hydrogens is 397 g/mol. The minimum Gasteiger partial charge on any atom is -0.323 e. The number of nitro groups is 1. The van der Waals surface area contributed by atoms with Crippen molar-refractivity contribution < 1.29 is 19.3 Å². The third-order valence-corrected chi connectivity index (χ3v) is 4.62. The van der Waals surface area contributed by atoms with Crippen LogP contribution in [0, 0.1) is 10.1 Å². The number of nitrogens with one attached hydrogen (secondary N) is 1. The van der Waals surface area contributed by atoms with E-state index < -0.39 is 34.4 Å². The molecule has 27 heavy (non-hydrogen) atoms. The van der Waals surface area contributed by atoms with Crippen LogP contribution in [0.5, 0.6) is 0 Å². The molecule has 1 atom stereocenters. The standard InChI is InChI=1S/C17H11Cl2N3O5/c1-8(15(23)20-12-6-5-9(18)7-11(12)19)21-16(24)10-3-2-4-13(22(26)27)14(10)17(21)25/h2-8H,1H3,(H,20,23). The third kappa shape index (κ3) is 3.24. The molecule has 0 aliphatic carbocycles. The van der Waals surface area contributed by atoms with E-state index in [0.29, 0.717) is 9.92 Å². The number of anilines is 1. The quantitative estimate of drug-likeness (QED) is 0.473. The Morgan fingerprint density at radius 3 is 2.52 bits per heavy atom. The van der Waals surface area contributed by atoms with Crippen molar-refractivity contribution in [2.45, 2.75) is 13.0 Å². The Bertz CT molecular complexity index is 1010. The van der Waals surface area contributed by atoms with Gasteiger partial charge in [-0.05, 0) is 31.2 Å². The zero-order valence-corrected chi connectivity index (χ0v) is 15.2. The van der Waals surface area contributed by atoms with Gasteiger partial charge in [0.15, 0.2) is 0 Å². The number of hydrogen-bond acceptors (Lipinski definition) is 5. The van der Waals surface area contributed by atoms with Crippen molar-refractivity contribution in [3.8, 4) is 0 Å². The predicted molar refractivity (Wildman–Crippen MR) is 98.2 cm³/mol. The van der Waals surface area contributed by atoms with E-state index in [1.807, 2.05) is 0 Å². The molecule has 0 fully saturated rings. The zero-order valence-electron chi connectivity index (χ0n) is 13.7. The summed E-state index contributed by atoms with van der Waals surface area (Å²) in [4.78, 5) is 48.8. The molecule has 8 nitrogen and oxygen atoms in total. The lowest BCUT2D eigenvalue weighted by atomic mass is 10.1. The number of rotatable bonds is 4. The van der Waals surface area contributed by atoms with E-state index in [2.05, 4.69) is 5.32 Å². The number of hydrogen-bond donors (Lipinski definition) is 1. The maximum atomic E-state index is 12.6. The van der Waals surface area contributed by atoms with Crippen molar-refractivity contribution >= 4 is 52.3 Å². The largest absolute Gasteiger partial charge is 0.323 e. The van der Waals surface area contributed by atoms with Crippen LogP contribution in [0.3, 0.4) is 0 Å². The highest BCUT2D eigenvalue weighted by molar-refractivity contribution is 6.36. The van der Waals surface area contributed by atoms with Crippen molar-refractivity contribution in [3.63, 3.8) is 0 Å². The first-order valence-corrected chi connectivity index (χ1v) is 8.39. The van der Waals surface area contributed by atoms with Crippen molar-refractivity contribution in [2.24, 2.45) is 0 Å². The van der Waals surface area contributed by atoms with Crippen LogP contribution in [-0.2, 0) is 4.79 Å². The van der Waals surface area contributed by atoms with Gasteiger partial charge in [-0.15, -0.1) is 0 Å². The van der Waals surface area contributed by atoms with E-state index in [4.69, 9.17) is 23.2 Å². The Hall–Kier alpha value is -2.97. The highest BCUT2D eigenvalue weighted by atomic mass is 35.5. The van der Waals surface area contributed by atoms with E-state index in [1.54, 1.807) is 0 Å². The molecule has 138 valence electrons. The molecule has 0 bridgehead atoms. The normalized spacial score (nSPS) is 14.1. The Morgan fingerprint density at radius 2 is 1.89 bits per heavy atom. The van der Waals surface area contributed by atoms with E-state index in [-0.39, 0.29) is 21.8 Å². The summed E-state index contributed by atoms with van der Waals surface area (Å²) in [6.07, 6.45) is 0. The monoisotopic (exact) mass is 407 g/mol. The van der Waals surface area contributed by atoms with Crippen LogP contribution in [-0.4, -0.2) is 33.6 Å². The summed E-state index contributed by atoms with van der Waals surface area (Å²) in [5.74, 6) is -2.35. The molecule has 1 unspecified atom stereocenters. The summed E-state index contributed by atoms with van der Waals surface area (Å²) in [6.45, 7) is 1.34. The summed E-state index contributed by atoms with van der Waals surface area (Å²) in [5, 5.41) is 14.2. The average molecular weight is 408 g/mol. The molecule has 3 amide bonds. The summed E-state index contributed by atoms with van der Waals surface area (Å²) < 4.78 is 0. The molecule has 1 aliphatic rings. The van der Waals surface area contributed by atoms with Gasteiger partial charge in [0, 0.05) is 11.1 Å². The highest BCUT2D eigenvalue weighted by Gasteiger charge is 2.44. The van der Waals surface area contributed by atoms with Crippen LogP contribution < -0.4 is 5.32 Å². The van der Waals surface area contributed by atoms with Gasteiger partial charge in [-0.25, -0.2) is 0 Å². The number of amides is 3. The molecule has 3 rings (SSSR count). The van der Waals surface area contributed by atoms with E-state index in [0.717, 1.165) is 6.07 Å². The summed E-state index contributed by atoms with van der Waals surface area (Å²) in [6, 6.07) is 6.94. The SMILES string of the molecule is CC(C(=O)Nc1ccc(Cl)cc1Cl)N1C(=O)c2cccc([N+](=O)[O-])c2C1=O. The number of imide groups is 1. The van der Waals surface area contributed by atoms with E-state index >= 15 is 0 Å².